The molecule has 0 spiro atoms. The van der Waals surface area contributed by atoms with Gasteiger partial charge in [-0.3, -0.25) is 9.20 Å². The highest BCUT2D eigenvalue weighted by Crippen LogP contribution is 2.19. The predicted molar refractivity (Wildman–Crippen MR) is 47.8 cm³/mol. The van der Waals surface area contributed by atoms with Gasteiger partial charge in [0, 0.05) is 18.0 Å². The summed E-state index contributed by atoms with van der Waals surface area (Å²) in [4.78, 5) is 16.0. The number of aromatic nitrogens is 2. The zero-order valence-electron chi connectivity index (χ0n) is 6.87. The van der Waals surface area contributed by atoms with Gasteiger partial charge in [0.1, 0.15) is 16.9 Å². The van der Waals surface area contributed by atoms with Gasteiger partial charge in [0.2, 0.25) is 0 Å². The van der Waals surface area contributed by atoms with Crippen LogP contribution in [0.2, 0.25) is 0 Å². The molecule has 0 bridgehead atoms. The summed E-state index contributed by atoms with van der Waals surface area (Å²) in [7, 11) is 0. The fourth-order valence-electron chi connectivity index (χ4n) is 1.14. The topological polar surface area (TPSA) is 34.4 Å². The molecule has 0 aliphatic carbocycles. The molecule has 62 valence electrons. The van der Waals surface area contributed by atoms with E-state index in [1.807, 2.05) is 16.7 Å². The van der Waals surface area contributed by atoms with Gasteiger partial charge in [-0.15, -0.1) is 11.3 Å². The van der Waals surface area contributed by atoms with E-state index in [0.717, 1.165) is 10.5 Å². The van der Waals surface area contributed by atoms with E-state index in [4.69, 9.17) is 0 Å². The molecule has 12 heavy (non-hydrogen) atoms. The fourth-order valence-corrected chi connectivity index (χ4v) is 2.15. The molecule has 0 atom stereocenters. The van der Waals surface area contributed by atoms with E-state index in [0.29, 0.717) is 5.69 Å². The standard InChI is InChI=1S/C8H8N2OS/c1-5-3-12-8-7(6(2)11)9-4-10(5)8/h3-4H,1-2H3. The van der Waals surface area contributed by atoms with Gasteiger partial charge in [0.25, 0.3) is 0 Å². The molecule has 0 aromatic carbocycles. The third-order valence-electron chi connectivity index (χ3n) is 1.78. The van der Waals surface area contributed by atoms with Crippen molar-refractivity contribution in [3.63, 3.8) is 0 Å². The van der Waals surface area contributed by atoms with Crippen LogP contribution in [0, 0.1) is 6.92 Å². The van der Waals surface area contributed by atoms with Crippen molar-refractivity contribution in [3.8, 4) is 0 Å². The van der Waals surface area contributed by atoms with Gasteiger partial charge in [0.15, 0.2) is 5.78 Å². The van der Waals surface area contributed by atoms with Gasteiger partial charge in [-0.25, -0.2) is 4.98 Å². The SMILES string of the molecule is CC(=O)c1ncn2c(C)csc12. The fraction of sp³-hybridized carbons (Fsp3) is 0.250. The number of aryl methyl sites for hydroxylation is 1. The van der Waals surface area contributed by atoms with E-state index in [9.17, 15) is 4.79 Å². The molecule has 0 amide bonds. The number of imidazole rings is 1. The van der Waals surface area contributed by atoms with Crippen molar-refractivity contribution in [3.05, 3.63) is 23.1 Å². The Labute approximate surface area is 73.7 Å². The highest BCUT2D eigenvalue weighted by atomic mass is 32.1. The minimum atomic E-state index is 0.0272. The van der Waals surface area contributed by atoms with Crippen LogP contribution in [-0.2, 0) is 0 Å². The lowest BCUT2D eigenvalue weighted by atomic mass is 10.3. The summed E-state index contributed by atoms with van der Waals surface area (Å²) in [5.41, 5.74) is 1.70. The summed E-state index contributed by atoms with van der Waals surface area (Å²) in [5, 5.41) is 2.02. The lowest BCUT2D eigenvalue weighted by Crippen LogP contribution is -1.90. The number of thiazole rings is 1. The summed E-state index contributed by atoms with van der Waals surface area (Å²) >= 11 is 1.56. The Morgan fingerprint density at radius 2 is 2.42 bits per heavy atom. The number of carbonyl (C=O) groups excluding carboxylic acids is 1. The second-order valence-electron chi connectivity index (χ2n) is 2.70. The lowest BCUT2D eigenvalue weighted by Gasteiger charge is -1.85. The Kier molecular flexibility index (Phi) is 1.51. The minimum absolute atomic E-state index is 0.0272. The van der Waals surface area contributed by atoms with E-state index in [1.54, 1.807) is 17.7 Å². The van der Waals surface area contributed by atoms with Crippen LogP contribution in [0.1, 0.15) is 23.1 Å². The van der Waals surface area contributed by atoms with Gasteiger partial charge in [-0.1, -0.05) is 0 Å². The normalized spacial score (nSPS) is 10.8. The van der Waals surface area contributed by atoms with Crippen molar-refractivity contribution in [2.24, 2.45) is 0 Å². The maximum absolute atomic E-state index is 11.1. The second-order valence-corrected chi connectivity index (χ2v) is 3.56. The monoisotopic (exact) mass is 180 g/mol. The summed E-state index contributed by atoms with van der Waals surface area (Å²) in [6.07, 6.45) is 1.69. The molecule has 0 saturated carbocycles. The maximum Gasteiger partial charge on any atom is 0.181 e. The maximum atomic E-state index is 11.1. The first kappa shape index (κ1) is 7.49. The van der Waals surface area contributed by atoms with Crippen molar-refractivity contribution in [1.29, 1.82) is 0 Å². The molecule has 0 saturated heterocycles. The highest BCUT2D eigenvalue weighted by Gasteiger charge is 2.10. The molecule has 0 N–H and O–H groups in total. The number of Topliss-reactive ketones (excluding diaryl/α,β-unsaturated/α-hetero) is 1. The number of nitrogens with zero attached hydrogens (tertiary/aromatic N) is 2. The average Bonchev–Trinajstić information content (AvgIpc) is 2.53. The predicted octanol–water partition coefficient (Wildman–Crippen LogP) is 1.91. The Morgan fingerprint density at radius 3 is 3.08 bits per heavy atom. The first-order valence-corrected chi connectivity index (χ1v) is 4.50. The van der Waals surface area contributed by atoms with Gasteiger partial charge in [0.05, 0.1) is 0 Å². The summed E-state index contributed by atoms with van der Waals surface area (Å²) in [5.74, 6) is 0.0272. The van der Waals surface area contributed by atoms with Crippen LogP contribution in [0.25, 0.3) is 4.83 Å². The highest BCUT2D eigenvalue weighted by molar-refractivity contribution is 7.16. The van der Waals surface area contributed by atoms with Crippen LogP contribution in [-0.4, -0.2) is 15.2 Å². The first-order chi connectivity index (χ1) is 5.70. The second kappa shape index (κ2) is 2.42. The third kappa shape index (κ3) is 0.881. The van der Waals surface area contributed by atoms with Crippen molar-refractivity contribution >= 4 is 22.0 Å². The van der Waals surface area contributed by atoms with Crippen LogP contribution in [0.4, 0.5) is 0 Å². The summed E-state index contributed by atoms with van der Waals surface area (Å²) in [6, 6.07) is 0. The van der Waals surface area contributed by atoms with E-state index in [-0.39, 0.29) is 5.78 Å². The van der Waals surface area contributed by atoms with Crippen LogP contribution < -0.4 is 0 Å². The molecule has 3 nitrogen and oxygen atoms in total. The van der Waals surface area contributed by atoms with Crippen molar-refractivity contribution < 1.29 is 4.79 Å². The Morgan fingerprint density at radius 1 is 1.67 bits per heavy atom. The van der Waals surface area contributed by atoms with E-state index in [1.165, 1.54) is 6.92 Å². The number of ketones is 1. The molecule has 0 aliphatic rings. The zero-order chi connectivity index (χ0) is 8.72. The molecule has 2 aromatic heterocycles. The van der Waals surface area contributed by atoms with Gasteiger partial charge in [-0.2, -0.15) is 0 Å². The van der Waals surface area contributed by atoms with E-state index >= 15 is 0 Å². The van der Waals surface area contributed by atoms with Crippen molar-refractivity contribution in [2.45, 2.75) is 13.8 Å². The molecule has 0 fully saturated rings. The number of hydrogen-bond donors (Lipinski definition) is 0. The Balaban J connectivity index is 2.79. The molecule has 4 heteroatoms. The van der Waals surface area contributed by atoms with Crippen molar-refractivity contribution in [2.75, 3.05) is 0 Å². The van der Waals surface area contributed by atoms with Crippen molar-refractivity contribution in [1.82, 2.24) is 9.38 Å². The average molecular weight is 180 g/mol. The van der Waals surface area contributed by atoms with Gasteiger partial charge >= 0.3 is 0 Å². The zero-order valence-corrected chi connectivity index (χ0v) is 7.68. The van der Waals surface area contributed by atoms with Crippen LogP contribution in [0.15, 0.2) is 11.7 Å². The largest absolute Gasteiger partial charge is 0.294 e. The van der Waals surface area contributed by atoms with Gasteiger partial charge in [-0.05, 0) is 6.92 Å². The third-order valence-corrected chi connectivity index (χ3v) is 2.85. The number of carbonyl (C=O) groups is 1. The number of rotatable bonds is 1. The molecule has 2 rings (SSSR count). The Hall–Kier alpha value is -1.16. The van der Waals surface area contributed by atoms with Gasteiger partial charge < -0.3 is 0 Å². The lowest BCUT2D eigenvalue weighted by molar-refractivity contribution is 0.101. The van der Waals surface area contributed by atoms with E-state index in [2.05, 4.69) is 4.98 Å². The summed E-state index contributed by atoms with van der Waals surface area (Å²) in [6.45, 7) is 3.53. The number of hydrogen-bond acceptors (Lipinski definition) is 3. The quantitative estimate of drug-likeness (QED) is 0.628. The molecular formula is C8H8N2OS. The molecule has 0 radical (unpaired) electrons. The van der Waals surface area contributed by atoms with Crippen LogP contribution >= 0.6 is 11.3 Å². The molecule has 2 aromatic rings. The van der Waals surface area contributed by atoms with Crippen LogP contribution in [0.5, 0.6) is 0 Å². The first-order valence-electron chi connectivity index (χ1n) is 3.62. The van der Waals surface area contributed by atoms with Crippen LogP contribution in [0.3, 0.4) is 0 Å². The smallest absolute Gasteiger partial charge is 0.181 e. The number of fused-ring (bicyclic) bond motifs is 1. The Bertz CT molecular complexity index is 441. The van der Waals surface area contributed by atoms with E-state index < -0.39 is 0 Å². The molecule has 0 unspecified atom stereocenters. The molecule has 0 aliphatic heterocycles. The summed E-state index contributed by atoms with van der Waals surface area (Å²) < 4.78 is 1.93. The molecular weight excluding hydrogens is 172 g/mol. The minimum Gasteiger partial charge on any atom is -0.294 e. The molecule has 2 heterocycles.